The maximum absolute atomic E-state index is 11.6. The van der Waals surface area contributed by atoms with E-state index in [-0.39, 0.29) is 41.5 Å². The molecule has 2 fully saturated rings. The van der Waals surface area contributed by atoms with Crippen molar-refractivity contribution < 1.29 is 8.42 Å². The molecule has 1 unspecified atom stereocenters. The third-order valence-corrected chi connectivity index (χ3v) is 7.40. The van der Waals surface area contributed by atoms with Crippen molar-refractivity contribution in [2.24, 2.45) is 10.9 Å². The van der Waals surface area contributed by atoms with E-state index in [2.05, 4.69) is 51.7 Å². The number of hydrogen-bond acceptors (Lipinski definition) is 4. The quantitative estimate of drug-likeness (QED) is 0.355. The highest BCUT2D eigenvalue weighted by Crippen LogP contribution is 2.19. The van der Waals surface area contributed by atoms with Gasteiger partial charge in [0.2, 0.25) is 0 Å². The molecule has 0 aromatic heterocycles. The second kappa shape index (κ2) is 10.8. The van der Waals surface area contributed by atoms with Gasteiger partial charge in [0.25, 0.3) is 0 Å². The molecule has 0 amide bonds. The van der Waals surface area contributed by atoms with Crippen LogP contribution in [0.1, 0.15) is 37.3 Å². The summed E-state index contributed by atoms with van der Waals surface area (Å²) in [6.45, 7) is 6.34. The summed E-state index contributed by atoms with van der Waals surface area (Å²) >= 11 is 0. The van der Waals surface area contributed by atoms with Crippen molar-refractivity contribution in [1.29, 1.82) is 0 Å². The number of sulfone groups is 1. The molecule has 1 aromatic carbocycles. The van der Waals surface area contributed by atoms with Gasteiger partial charge >= 0.3 is 0 Å². The molecule has 0 saturated carbocycles. The number of hydrogen-bond donors (Lipinski definition) is 2. The van der Waals surface area contributed by atoms with Crippen molar-refractivity contribution in [2.45, 2.75) is 45.3 Å². The van der Waals surface area contributed by atoms with E-state index in [0.29, 0.717) is 18.9 Å². The van der Waals surface area contributed by atoms with Crippen LogP contribution in [0.2, 0.25) is 0 Å². The summed E-state index contributed by atoms with van der Waals surface area (Å²) in [6, 6.07) is 8.48. The lowest BCUT2D eigenvalue weighted by molar-refractivity contribution is 0.185. The minimum Gasteiger partial charge on any atom is -0.353 e. The molecule has 1 aromatic rings. The zero-order valence-corrected chi connectivity index (χ0v) is 20.0. The van der Waals surface area contributed by atoms with Crippen molar-refractivity contribution >= 4 is 39.8 Å². The lowest BCUT2D eigenvalue weighted by Crippen LogP contribution is -2.43. The average Bonchev–Trinajstić information content (AvgIpc) is 3.00. The van der Waals surface area contributed by atoms with Crippen LogP contribution in [0.15, 0.2) is 29.3 Å². The van der Waals surface area contributed by atoms with Crippen molar-refractivity contribution in [1.82, 2.24) is 15.5 Å². The third-order valence-electron chi connectivity index (χ3n) is 5.63. The van der Waals surface area contributed by atoms with E-state index in [1.54, 1.807) is 7.05 Å². The molecule has 2 N–H and O–H groups in total. The van der Waals surface area contributed by atoms with Gasteiger partial charge in [0, 0.05) is 26.2 Å². The molecule has 2 aliphatic heterocycles. The van der Waals surface area contributed by atoms with Crippen LogP contribution in [0.5, 0.6) is 0 Å². The Morgan fingerprint density at radius 3 is 2.46 bits per heavy atom. The minimum atomic E-state index is -2.89. The van der Waals surface area contributed by atoms with Crippen LogP contribution < -0.4 is 10.6 Å². The van der Waals surface area contributed by atoms with Crippen LogP contribution in [0.25, 0.3) is 0 Å². The Hall–Kier alpha value is -0.870. The normalized spacial score (nSPS) is 23.2. The molecule has 2 saturated heterocycles. The fraction of sp³-hybridized carbons (Fsp3) is 0.650. The fourth-order valence-corrected chi connectivity index (χ4v) is 5.49. The number of rotatable bonds is 5. The molecule has 2 aliphatic rings. The maximum Gasteiger partial charge on any atom is 0.191 e. The maximum atomic E-state index is 11.6. The molecule has 0 radical (unpaired) electrons. The molecule has 6 nitrogen and oxygen atoms in total. The van der Waals surface area contributed by atoms with E-state index in [4.69, 9.17) is 0 Å². The molecule has 158 valence electrons. The zero-order valence-electron chi connectivity index (χ0n) is 16.9. The van der Waals surface area contributed by atoms with Gasteiger partial charge in [-0.25, -0.2) is 8.42 Å². The lowest BCUT2D eigenvalue weighted by atomic mass is 9.98. The Morgan fingerprint density at radius 1 is 1.18 bits per heavy atom. The van der Waals surface area contributed by atoms with Crippen LogP contribution in [-0.2, 0) is 22.9 Å². The van der Waals surface area contributed by atoms with Crippen LogP contribution in [-0.4, -0.2) is 57.0 Å². The van der Waals surface area contributed by atoms with Gasteiger partial charge in [0.1, 0.15) is 0 Å². The van der Waals surface area contributed by atoms with Crippen molar-refractivity contribution in [3.63, 3.8) is 0 Å². The standard InChI is InChI=1S/C20H32N4O2S.HI/c1-16-7-10-24(11-8-16)14-18-6-4-3-5-17(18)13-22-20(21-2)23-19-9-12-27(25,26)15-19;/h3-6,16,19H,7-15H2,1-2H3,(H2,21,22,23);1H. The number of likely N-dealkylation sites (tertiary alicyclic amines) is 1. The van der Waals surface area contributed by atoms with Crippen LogP contribution >= 0.6 is 24.0 Å². The first-order chi connectivity index (χ1) is 12.9. The van der Waals surface area contributed by atoms with Crippen molar-refractivity contribution in [3.8, 4) is 0 Å². The number of halogens is 1. The summed E-state index contributed by atoms with van der Waals surface area (Å²) in [5.74, 6) is 1.96. The third kappa shape index (κ3) is 6.88. The van der Waals surface area contributed by atoms with Gasteiger partial charge < -0.3 is 10.6 Å². The van der Waals surface area contributed by atoms with E-state index < -0.39 is 9.84 Å². The Balaban J connectivity index is 0.00000280. The Labute approximate surface area is 186 Å². The number of nitrogens with zero attached hydrogens (tertiary/aromatic N) is 2. The molecule has 1 atom stereocenters. The molecule has 2 heterocycles. The molecular weight excluding hydrogens is 487 g/mol. The Morgan fingerprint density at radius 2 is 1.86 bits per heavy atom. The lowest BCUT2D eigenvalue weighted by Gasteiger charge is -2.30. The van der Waals surface area contributed by atoms with Crippen LogP contribution in [0.4, 0.5) is 0 Å². The smallest absolute Gasteiger partial charge is 0.191 e. The van der Waals surface area contributed by atoms with E-state index in [9.17, 15) is 8.42 Å². The second-order valence-corrected chi connectivity index (χ2v) is 10.1. The monoisotopic (exact) mass is 520 g/mol. The summed E-state index contributed by atoms with van der Waals surface area (Å²) in [6.07, 6.45) is 3.20. The van der Waals surface area contributed by atoms with Gasteiger partial charge in [0.15, 0.2) is 15.8 Å². The zero-order chi connectivity index (χ0) is 19.3. The SMILES string of the molecule is CN=C(NCc1ccccc1CN1CCC(C)CC1)NC1CCS(=O)(=O)C1.I. The molecule has 0 spiro atoms. The van der Waals surface area contributed by atoms with Gasteiger partial charge in [-0.05, 0) is 49.4 Å². The summed E-state index contributed by atoms with van der Waals surface area (Å²) in [7, 11) is -1.17. The predicted molar refractivity (Wildman–Crippen MR) is 126 cm³/mol. The van der Waals surface area contributed by atoms with E-state index in [1.165, 1.54) is 37.1 Å². The van der Waals surface area contributed by atoms with Gasteiger partial charge in [-0.3, -0.25) is 9.89 Å². The van der Waals surface area contributed by atoms with E-state index in [1.807, 2.05) is 0 Å². The van der Waals surface area contributed by atoms with Gasteiger partial charge in [-0.1, -0.05) is 31.2 Å². The highest BCUT2D eigenvalue weighted by Gasteiger charge is 2.28. The Bertz CT molecular complexity index is 761. The Kier molecular flexibility index (Phi) is 9.01. The fourth-order valence-electron chi connectivity index (χ4n) is 3.82. The highest BCUT2D eigenvalue weighted by molar-refractivity contribution is 14.0. The first-order valence-corrected chi connectivity index (χ1v) is 11.7. The number of piperidine rings is 1. The number of aliphatic imine (C=N–C) groups is 1. The minimum absolute atomic E-state index is 0. The van der Waals surface area contributed by atoms with Gasteiger partial charge in [-0.2, -0.15) is 0 Å². The molecule has 8 heteroatoms. The first kappa shape index (κ1) is 23.4. The van der Waals surface area contributed by atoms with Crippen molar-refractivity contribution in [3.05, 3.63) is 35.4 Å². The molecular formula is C20H33IN4O2S. The van der Waals surface area contributed by atoms with E-state index in [0.717, 1.165) is 12.5 Å². The summed E-state index contributed by atoms with van der Waals surface area (Å²) in [5, 5.41) is 6.60. The molecule has 3 rings (SSSR count). The summed E-state index contributed by atoms with van der Waals surface area (Å²) in [4.78, 5) is 6.79. The topological polar surface area (TPSA) is 73.8 Å². The number of guanidine groups is 1. The molecule has 0 aliphatic carbocycles. The number of nitrogens with one attached hydrogen (secondary N) is 2. The van der Waals surface area contributed by atoms with E-state index >= 15 is 0 Å². The predicted octanol–water partition coefficient (Wildman–Crippen LogP) is 2.39. The number of benzene rings is 1. The van der Waals surface area contributed by atoms with Gasteiger partial charge in [0.05, 0.1) is 11.5 Å². The first-order valence-electron chi connectivity index (χ1n) is 9.92. The second-order valence-electron chi connectivity index (χ2n) is 7.90. The molecule has 0 bridgehead atoms. The van der Waals surface area contributed by atoms with Crippen molar-refractivity contribution in [2.75, 3.05) is 31.6 Å². The molecule has 28 heavy (non-hydrogen) atoms. The highest BCUT2D eigenvalue weighted by atomic mass is 127. The van der Waals surface area contributed by atoms with Gasteiger partial charge in [-0.15, -0.1) is 24.0 Å². The van der Waals surface area contributed by atoms with Crippen LogP contribution in [0, 0.1) is 5.92 Å². The largest absolute Gasteiger partial charge is 0.353 e. The average molecular weight is 520 g/mol. The summed E-state index contributed by atoms with van der Waals surface area (Å²) < 4.78 is 23.3. The summed E-state index contributed by atoms with van der Waals surface area (Å²) in [5.41, 5.74) is 2.61. The van der Waals surface area contributed by atoms with Crippen LogP contribution in [0.3, 0.4) is 0 Å².